The molecule has 0 aromatic carbocycles. The third kappa shape index (κ3) is 5.04. The predicted octanol–water partition coefficient (Wildman–Crippen LogP) is 1.44. The van der Waals surface area contributed by atoms with Crippen LogP contribution in [0.3, 0.4) is 0 Å². The Bertz CT molecular complexity index is 240. The summed E-state index contributed by atoms with van der Waals surface area (Å²) in [5.41, 5.74) is 6.21. The quantitative estimate of drug-likeness (QED) is 0.601. The van der Waals surface area contributed by atoms with Gasteiger partial charge in [0.1, 0.15) is 0 Å². The van der Waals surface area contributed by atoms with Gasteiger partial charge < -0.3 is 15.8 Å². The zero-order chi connectivity index (χ0) is 12.7. The smallest absolute Gasteiger partial charge is 0.236 e. The lowest BCUT2D eigenvalue weighted by Gasteiger charge is -2.17. The number of hydrogen-bond donors (Lipinski definition) is 2. The standard InChI is InChI=1S/C13H26N2O2/c1-3-6-13(7-8-13)10-15-12(16)11(14)5-4-9-17-2/h11H,3-10,14H2,1-2H3,(H,15,16). The van der Waals surface area contributed by atoms with Crippen molar-refractivity contribution in [1.29, 1.82) is 0 Å². The first kappa shape index (κ1) is 14.5. The van der Waals surface area contributed by atoms with Gasteiger partial charge >= 0.3 is 0 Å². The molecule has 0 radical (unpaired) electrons. The van der Waals surface area contributed by atoms with Crippen LogP contribution in [-0.4, -0.2) is 32.2 Å². The second kappa shape index (κ2) is 6.97. The first-order chi connectivity index (χ1) is 8.13. The van der Waals surface area contributed by atoms with Crippen molar-refractivity contribution in [3.63, 3.8) is 0 Å². The van der Waals surface area contributed by atoms with Crippen LogP contribution in [0.25, 0.3) is 0 Å². The molecule has 1 saturated carbocycles. The normalized spacial score (nSPS) is 18.8. The molecule has 1 amide bonds. The number of ether oxygens (including phenoxy) is 1. The Kier molecular flexibility index (Phi) is 5.92. The van der Waals surface area contributed by atoms with Crippen LogP contribution in [0.1, 0.15) is 45.4 Å². The van der Waals surface area contributed by atoms with Gasteiger partial charge in [0.2, 0.25) is 5.91 Å². The van der Waals surface area contributed by atoms with Crippen LogP contribution in [0, 0.1) is 5.41 Å². The highest BCUT2D eigenvalue weighted by atomic mass is 16.5. The first-order valence-corrected chi connectivity index (χ1v) is 6.66. The van der Waals surface area contributed by atoms with Crippen molar-refractivity contribution in [3.05, 3.63) is 0 Å². The molecule has 0 aliphatic heterocycles. The average Bonchev–Trinajstić information content (AvgIpc) is 3.07. The van der Waals surface area contributed by atoms with Crippen LogP contribution in [0.4, 0.5) is 0 Å². The van der Waals surface area contributed by atoms with Gasteiger partial charge in [-0.1, -0.05) is 13.3 Å². The molecule has 0 spiro atoms. The summed E-state index contributed by atoms with van der Waals surface area (Å²) in [4.78, 5) is 11.7. The molecule has 0 bridgehead atoms. The maximum Gasteiger partial charge on any atom is 0.236 e. The minimum Gasteiger partial charge on any atom is -0.385 e. The predicted molar refractivity (Wildman–Crippen MR) is 68.7 cm³/mol. The summed E-state index contributed by atoms with van der Waals surface area (Å²) in [6.45, 7) is 3.66. The summed E-state index contributed by atoms with van der Waals surface area (Å²) in [6, 6.07) is -0.387. The lowest BCUT2D eigenvalue weighted by Crippen LogP contribution is -2.42. The van der Waals surface area contributed by atoms with E-state index < -0.39 is 0 Å². The van der Waals surface area contributed by atoms with E-state index in [0.29, 0.717) is 18.4 Å². The Labute approximate surface area is 104 Å². The van der Waals surface area contributed by atoms with Gasteiger partial charge in [-0.3, -0.25) is 4.79 Å². The Morgan fingerprint density at radius 3 is 2.76 bits per heavy atom. The molecule has 3 N–H and O–H groups in total. The second-order valence-electron chi connectivity index (χ2n) is 5.21. The molecule has 1 aliphatic carbocycles. The highest BCUT2D eigenvalue weighted by molar-refractivity contribution is 5.81. The van der Waals surface area contributed by atoms with Gasteiger partial charge in [-0.15, -0.1) is 0 Å². The van der Waals surface area contributed by atoms with Gasteiger partial charge in [0, 0.05) is 20.3 Å². The van der Waals surface area contributed by atoms with Crippen LogP contribution in [-0.2, 0) is 9.53 Å². The van der Waals surface area contributed by atoms with E-state index in [0.717, 1.165) is 13.0 Å². The SMILES string of the molecule is CCCC1(CNC(=O)C(N)CCCOC)CC1. The molecule has 0 aromatic rings. The van der Waals surface area contributed by atoms with E-state index in [4.69, 9.17) is 10.5 Å². The molecule has 100 valence electrons. The van der Waals surface area contributed by atoms with Crippen molar-refractivity contribution in [2.45, 2.75) is 51.5 Å². The van der Waals surface area contributed by atoms with Gasteiger partial charge in [0.05, 0.1) is 6.04 Å². The largest absolute Gasteiger partial charge is 0.385 e. The molecule has 1 fully saturated rings. The van der Waals surface area contributed by atoms with Gasteiger partial charge in [0.15, 0.2) is 0 Å². The molecule has 4 heteroatoms. The van der Waals surface area contributed by atoms with Crippen LogP contribution >= 0.6 is 0 Å². The fourth-order valence-corrected chi connectivity index (χ4v) is 2.21. The molecule has 0 heterocycles. The van der Waals surface area contributed by atoms with E-state index in [2.05, 4.69) is 12.2 Å². The fraction of sp³-hybridized carbons (Fsp3) is 0.923. The molecule has 1 unspecified atom stereocenters. The molecular formula is C13H26N2O2. The van der Waals surface area contributed by atoms with Crippen LogP contribution in [0.15, 0.2) is 0 Å². The van der Waals surface area contributed by atoms with E-state index in [1.54, 1.807) is 7.11 Å². The molecule has 0 aromatic heterocycles. The van der Waals surface area contributed by atoms with Crippen molar-refractivity contribution in [3.8, 4) is 0 Å². The minimum absolute atomic E-state index is 0.0107. The van der Waals surface area contributed by atoms with Crippen molar-refractivity contribution in [1.82, 2.24) is 5.32 Å². The highest BCUT2D eigenvalue weighted by Crippen LogP contribution is 2.48. The van der Waals surface area contributed by atoms with Crippen LogP contribution < -0.4 is 11.1 Å². The summed E-state index contributed by atoms with van der Waals surface area (Å²) in [6.07, 6.45) is 6.44. The van der Waals surface area contributed by atoms with Crippen LogP contribution in [0.2, 0.25) is 0 Å². The number of rotatable bonds is 9. The summed E-state index contributed by atoms with van der Waals surface area (Å²) < 4.78 is 4.94. The summed E-state index contributed by atoms with van der Waals surface area (Å²) in [5, 5.41) is 2.99. The Morgan fingerprint density at radius 2 is 2.24 bits per heavy atom. The van der Waals surface area contributed by atoms with Gasteiger partial charge in [0.25, 0.3) is 0 Å². The van der Waals surface area contributed by atoms with Gasteiger partial charge in [-0.25, -0.2) is 0 Å². The summed E-state index contributed by atoms with van der Waals surface area (Å²) in [7, 11) is 1.66. The molecule has 4 nitrogen and oxygen atoms in total. The van der Waals surface area contributed by atoms with Crippen molar-refractivity contribution in [2.24, 2.45) is 11.1 Å². The second-order valence-corrected chi connectivity index (χ2v) is 5.21. The number of methoxy groups -OCH3 is 1. The Morgan fingerprint density at radius 1 is 1.53 bits per heavy atom. The maximum absolute atomic E-state index is 11.7. The summed E-state index contributed by atoms with van der Waals surface area (Å²) in [5.74, 6) is -0.0107. The molecule has 1 atom stereocenters. The van der Waals surface area contributed by atoms with E-state index in [9.17, 15) is 4.79 Å². The third-order valence-corrected chi connectivity index (χ3v) is 3.58. The number of nitrogens with two attached hydrogens (primary N) is 1. The topological polar surface area (TPSA) is 64.4 Å². The molecular weight excluding hydrogens is 216 g/mol. The molecule has 17 heavy (non-hydrogen) atoms. The average molecular weight is 242 g/mol. The third-order valence-electron chi connectivity index (χ3n) is 3.58. The lowest BCUT2D eigenvalue weighted by molar-refractivity contribution is -0.122. The number of hydrogen-bond acceptors (Lipinski definition) is 3. The molecule has 1 aliphatic rings. The van der Waals surface area contributed by atoms with E-state index in [1.807, 2.05) is 0 Å². The monoisotopic (exact) mass is 242 g/mol. The number of nitrogens with one attached hydrogen (secondary N) is 1. The molecule has 1 rings (SSSR count). The zero-order valence-corrected chi connectivity index (χ0v) is 11.1. The zero-order valence-electron chi connectivity index (χ0n) is 11.1. The van der Waals surface area contributed by atoms with E-state index >= 15 is 0 Å². The number of carbonyl (C=O) groups is 1. The highest BCUT2D eigenvalue weighted by Gasteiger charge is 2.41. The lowest BCUT2D eigenvalue weighted by atomic mass is 10.0. The minimum atomic E-state index is -0.387. The Balaban J connectivity index is 2.15. The van der Waals surface area contributed by atoms with E-state index in [-0.39, 0.29) is 11.9 Å². The van der Waals surface area contributed by atoms with Crippen molar-refractivity contribution < 1.29 is 9.53 Å². The first-order valence-electron chi connectivity index (χ1n) is 6.66. The maximum atomic E-state index is 11.7. The fourth-order valence-electron chi connectivity index (χ4n) is 2.21. The van der Waals surface area contributed by atoms with Gasteiger partial charge in [-0.2, -0.15) is 0 Å². The number of carbonyl (C=O) groups excluding carboxylic acids is 1. The van der Waals surface area contributed by atoms with Gasteiger partial charge in [-0.05, 0) is 37.5 Å². The van der Waals surface area contributed by atoms with Crippen LogP contribution in [0.5, 0.6) is 0 Å². The Hall–Kier alpha value is -0.610. The summed E-state index contributed by atoms with van der Waals surface area (Å²) >= 11 is 0. The number of amides is 1. The molecule has 0 saturated heterocycles. The van der Waals surface area contributed by atoms with Crippen molar-refractivity contribution in [2.75, 3.05) is 20.3 Å². The van der Waals surface area contributed by atoms with Crippen molar-refractivity contribution >= 4 is 5.91 Å². The van der Waals surface area contributed by atoms with E-state index in [1.165, 1.54) is 25.7 Å².